The van der Waals surface area contributed by atoms with E-state index in [4.69, 9.17) is 10.00 Å². The lowest BCUT2D eigenvalue weighted by Crippen LogP contribution is -1.93. The largest absolute Gasteiger partial charge is 0.454 e. The Morgan fingerprint density at radius 1 is 1.50 bits per heavy atom. The molecule has 0 radical (unpaired) electrons. The fourth-order valence-corrected chi connectivity index (χ4v) is 1.41. The number of hydrogen-bond acceptors (Lipinski definition) is 5. The van der Waals surface area contributed by atoms with Gasteiger partial charge < -0.3 is 4.74 Å². The van der Waals surface area contributed by atoms with Gasteiger partial charge in [-0.2, -0.15) is 10.4 Å². The molecule has 0 saturated heterocycles. The van der Waals surface area contributed by atoms with Gasteiger partial charge in [0.25, 0.3) is 5.69 Å². The second kappa shape index (κ2) is 4.55. The fourth-order valence-electron chi connectivity index (χ4n) is 1.41. The Balaban J connectivity index is 2.33. The molecule has 0 amide bonds. The normalized spacial score (nSPS) is 9.78. The zero-order valence-electron chi connectivity index (χ0n) is 9.40. The van der Waals surface area contributed by atoms with E-state index in [1.807, 2.05) is 0 Å². The Kier molecular flexibility index (Phi) is 2.93. The maximum Gasteiger partial charge on any atom is 0.290 e. The molecular formula is C11H8N4O3. The summed E-state index contributed by atoms with van der Waals surface area (Å²) in [6, 6.07) is 5.82. The molecule has 0 atom stereocenters. The van der Waals surface area contributed by atoms with Crippen LogP contribution in [0.3, 0.4) is 0 Å². The Bertz CT molecular complexity index is 642. The van der Waals surface area contributed by atoms with Crippen molar-refractivity contribution in [3.63, 3.8) is 0 Å². The Morgan fingerprint density at radius 3 is 2.83 bits per heavy atom. The predicted octanol–water partition coefficient (Wildman–Crippen LogP) is 1.99. The van der Waals surface area contributed by atoms with Gasteiger partial charge in [0.1, 0.15) is 17.4 Å². The molecule has 1 heterocycles. The van der Waals surface area contributed by atoms with Crippen molar-refractivity contribution in [1.29, 1.82) is 5.26 Å². The highest BCUT2D eigenvalue weighted by Crippen LogP contribution is 2.27. The van der Waals surface area contributed by atoms with Crippen molar-refractivity contribution in [1.82, 2.24) is 9.78 Å². The molecule has 7 nitrogen and oxygen atoms in total. The lowest BCUT2D eigenvalue weighted by atomic mass is 10.2. The van der Waals surface area contributed by atoms with E-state index in [1.165, 1.54) is 24.4 Å². The maximum absolute atomic E-state index is 10.8. The summed E-state index contributed by atoms with van der Waals surface area (Å²) < 4.78 is 6.94. The van der Waals surface area contributed by atoms with Crippen LogP contribution >= 0.6 is 0 Å². The molecule has 1 aromatic carbocycles. The zero-order chi connectivity index (χ0) is 13.1. The number of ether oxygens (including phenoxy) is 1. The van der Waals surface area contributed by atoms with Gasteiger partial charge >= 0.3 is 0 Å². The average molecular weight is 244 g/mol. The van der Waals surface area contributed by atoms with Gasteiger partial charge in [-0.25, -0.2) is 0 Å². The number of nitro benzene ring substituents is 1. The molecule has 90 valence electrons. The highest BCUT2D eigenvalue weighted by Gasteiger charge is 2.15. The first-order chi connectivity index (χ1) is 8.60. The van der Waals surface area contributed by atoms with Crippen LogP contribution < -0.4 is 4.74 Å². The summed E-state index contributed by atoms with van der Waals surface area (Å²) in [7, 11) is 1.73. The molecule has 0 aliphatic heterocycles. The molecule has 2 aromatic rings. The van der Waals surface area contributed by atoms with Crippen molar-refractivity contribution in [2.75, 3.05) is 0 Å². The minimum Gasteiger partial charge on any atom is -0.454 e. The van der Waals surface area contributed by atoms with E-state index in [2.05, 4.69) is 5.10 Å². The molecule has 0 N–H and O–H groups in total. The number of benzene rings is 1. The minimum absolute atomic E-state index is 0.00135. The van der Waals surface area contributed by atoms with Crippen LogP contribution in [0.4, 0.5) is 5.69 Å². The van der Waals surface area contributed by atoms with Crippen LogP contribution in [-0.2, 0) is 7.05 Å². The third-order valence-corrected chi connectivity index (χ3v) is 2.20. The van der Waals surface area contributed by atoms with Crippen LogP contribution in [0.2, 0.25) is 0 Å². The zero-order valence-corrected chi connectivity index (χ0v) is 9.40. The average Bonchev–Trinajstić information content (AvgIpc) is 2.74. The summed E-state index contributed by atoms with van der Waals surface area (Å²) >= 11 is 0. The number of rotatable bonds is 3. The Labute approximate surface area is 102 Å². The molecular weight excluding hydrogens is 236 g/mol. The second-order valence-corrected chi connectivity index (χ2v) is 3.50. The third-order valence-electron chi connectivity index (χ3n) is 2.20. The summed E-state index contributed by atoms with van der Waals surface area (Å²) in [5.41, 5.74) is -0.280. The summed E-state index contributed by atoms with van der Waals surface area (Å²) in [5.74, 6) is 0.755. The van der Waals surface area contributed by atoms with E-state index in [-0.39, 0.29) is 17.0 Å². The Morgan fingerprint density at radius 2 is 2.28 bits per heavy atom. The third kappa shape index (κ3) is 2.27. The smallest absolute Gasteiger partial charge is 0.290 e. The summed E-state index contributed by atoms with van der Waals surface area (Å²) in [6.07, 6.45) is 3.12. The van der Waals surface area contributed by atoms with Gasteiger partial charge in [-0.1, -0.05) is 0 Å². The van der Waals surface area contributed by atoms with Gasteiger partial charge in [-0.15, -0.1) is 0 Å². The number of nitro groups is 1. The highest BCUT2D eigenvalue weighted by atomic mass is 16.6. The molecule has 0 spiro atoms. The molecule has 0 fully saturated rings. The summed E-state index contributed by atoms with van der Waals surface area (Å²) in [6.45, 7) is 0. The number of aromatic nitrogens is 2. The summed E-state index contributed by atoms with van der Waals surface area (Å²) in [5, 5.41) is 23.4. The molecule has 1 aromatic heterocycles. The van der Waals surface area contributed by atoms with Crippen molar-refractivity contribution >= 4 is 5.69 Å². The molecule has 0 aliphatic carbocycles. The van der Waals surface area contributed by atoms with E-state index in [9.17, 15) is 10.1 Å². The first-order valence-electron chi connectivity index (χ1n) is 4.95. The monoisotopic (exact) mass is 244 g/mol. The molecule has 0 unspecified atom stereocenters. The van der Waals surface area contributed by atoms with Crippen LogP contribution in [0.1, 0.15) is 5.56 Å². The van der Waals surface area contributed by atoms with Crippen molar-refractivity contribution in [2.45, 2.75) is 0 Å². The molecule has 18 heavy (non-hydrogen) atoms. The van der Waals surface area contributed by atoms with Gasteiger partial charge in [0.15, 0.2) is 5.75 Å². The fraction of sp³-hybridized carbons (Fsp3) is 0.0909. The number of hydrogen-bond donors (Lipinski definition) is 0. The number of nitrogens with zero attached hydrogens (tertiary/aromatic N) is 4. The van der Waals surface area contributed by atoms with Crippen molar-refractivity contribution in [3.8, 4) is 17.6 Å². The molecule has 0 bridgehead atoms. The van der Waals surface area contributed by atoms with Crippen molar-refractivity contribution < 1.29 is 9.66 Å². The summed E-state index contributed by atoms with van der Waals surface area (Å²) in [4.78, 5) is 10.2. The maximum atomic E-state index is 10.8. The Hall–Kier alpha value is -2.88. The predicted molar refractivity (Wildman–Crippen MR) is 61.1 cm³/mol. The molecule has 2 rings (SSSR count). The quantitative estimate of drug-likeness (QED) is 0.607. The number of aryl methyl sites for hydroxylation is 1. The van der Waals surface area contributed by atoms with Crippen LogP contribution in [0, 0.1) is 21.4 Å². The van der Waals surface area contributed by atoms with E-state index < -0.39 is 4.92 Å². The SMILES string of the molecule is Cn1cc(Oc2ccc(C#N)c([N+](=O)[O-])c2)cn1. The van der Waals surface area contributed by atoms with E-state index in [1.54, 1.807) is 24.0 Å². The lowest BCUT2D eigenvalue weighted by molar-refractivity contribution is -0.385. The molecule has 7 heteroatoms. The van der Waals surface area contributed by atoms with E-state index in [0.29, 0.717) is 5.75 Å². The second-order valence-electron chi connectivity index (χ2n) is 3.50. The standard InChI is InChI=1S/C11H8N4O3/c1-14-7-10(6-13-14)18-9-3-2-8(5-12)11(4-9)15(16)17/h2-4,6-7H,1H3. The van der Waals surface area contributed by atoms with Crippen LogP contribution in [0.5, 0.6) is 11.5 Å². The highest BCUT2D eigenvalue weighted by molar-refractivity contribution is 5.52. The molecule has 0 aliphatic rings. The molecule has 0 saturated carbocycles. The topological polar surface area (TPSA) is 94.0 Å². The lowest BCUT2D eigenvalue weighted by Gasteiger charge is -2.02. The van der Waals surface area contributed by atoms with Gasteiger partial charge in [0.05, 0.1) is 23.4 Å². The van der Waals surface area contributed by atoms with E-state index >= 15 is 0 Å². The van der Waals surface area contributed by atoms with Crippen LogP contribution in [-0.4, -0.2) is 14.7 Å². The van der Waals surface area contributed by atoms with Crippen molar-refractivity contribution in [3.05, 3.63) is 46.3 Å². The van der Waals surface area contributed by atoms with Crippen LogP contribution in [0.25, 0.3) is 0 Å². The van der Waals surface area contributed by atoms with Crippen LogP contribution in [0.15, 0.2) is 30.6 Å². The van der Waals surface area contributed by atoms with Gasteiger partial charge in [-0.05, 0) is 12.1 Å². The van der Waals surface area contributed by atoms with Gasteiger partial charge in [0.2, 0.25) is 0 Å². The minimum atomic E-state index is -0.616. The van der Waals surface area contributed by atoms with Crippen molar-refractivity contribution in [2.24, 2.45) is 7.05 Å². The van der Waals surface area contributed by atoms with E-state index in [0.717, 1.165) is 0 Å². The first kappa shape index (κ1) is 11.6. The van der Waals surface area contributed by atoms with Gasteiger partial charge in [0, 0.05) is 7.05 Å². The first-order valence-corrected chi connectivity index (χ1v) is 4.95. The number of nitriles is 1. The van der Waals surface area contributed by atoms with Gasteiger partial charge in [-0.3, -0.25) is 14.8 Å².